The van der Waals surface area contributed by atoms with Gasteiger partial charge < -0.3 is 10.6 Å². The van der Waals surface area contributed by atoms with Gasteiger partial charge in [0, 0.05) is 27.6 Å². The summed E-state index contributed by atoms with van der Waals surface area (Å²) >= 11 is 3.48. The number of rotatable bonds is 3. The van der Waals surface area contributed by atoms with Crippen LogP contribution in [0.15, 0.2) is 41.0 Å². The van der Waals surface area contributed by atoms with Crippen molar-refractivity contribution in [2.75, 3.05) is 5.32 Å². The van der Waals surface area contributed by atoms with Crippen LogP contribution in [0.25, 0.3) is 0 Å². The van der Waals surface area contributed by atoms with E-state index in [2.05, 4.69) is 31.5 Å². The first-order valence-electron chi connectivity index (χ1n) is 7.06. The number of nitrogens with zero attached hydrogens (tertiary/aromatic N) is 1. The summed E-state index contributed by atoms with van der Waals surface area (Å²) in [6, 6.07) is 9.60. The normalized spacial score (nSPS) is 11.1. The number of pyridine rings is 1. The van der Waals surface area contributed by atoms with E-state index in [1.165, 1.54) is 0 Å². The molecule has 4 nitrogen and oxygen atoms in total. The van der Waals surface area contributed by atoms with Gasteiger partial charge >= 0.3 is 0 Å². The zero-order valence-electron chi connectivity index (χ0n) is 13.2. The highest BCUT2D eigenvalue weighted by atomic mass is 79.9. The van der Waals surface area contributed by atoms with Crippen LogP contribution in [0, 0.1) is 6.92 Å². The summed E-state index contributed by atoms with van der Waals surface area (Å²) in [6.07, 6.45) is 1.63. The summed E-state index contributed by atoms with van der Waals surface area (Å²) in [5.74, 6) is -0.178. The lowest BCUT2D eigenvalue weighted by Crippen LogP contribution is -2.40. The Balaban J connectivity index is 2.17. The fourth-order valence-corrected chi connectivity index (χ4v) is 2.17. The number of benzene rings is 1. The number of nitrogens with one attached hydrogen (secondary N) is 2. The van der Waals surface area contributed by atoms with Crippen LogP contribution in [0.5, 0.6) is 0 Å². The summed E-state index contributed by atoms with van der Waals surface area (Å²) in [4.78, 5) is 16.3. The summed E-state index contributed by atoms with van der Waals surface area (Å²) in [5.41, 5.74) is 3.05. The molecule has 2 rings (SSSR count). The van der Waals surface area contributed by atoms with Crippen LogP contribution in [0.4, 0.5) is 11.4 Å². The molecule has 1 aromatic carbocycles. The highest BCUT2D eigenvalue weighted by Gasteiger charge is 2.16. The third-order valence-electron chi connectivity index (χ3n) is 2.93. The SMILES string of the molecule is Cc1cc(Nc2ccnc(C(=O)NC(C)(C)C)c2)ccc1Br. The maximum Gasteiger partial charge on any atom is 0.270 e. The van der Waals surface area contributed by atoms with E-state index in [0.717, 1.165) is 21.4 Å². The lowest BCUT2D eigenvalue weighted by Gasteiger charge is -2.20. The van der Waals surface area contributed by atoms with Gasteiger partial charge in [0.05, 0.1) is 0 Å². The molecule has 0 aliphatic heterocycles. The fraction of sp³-hybridized carbons (Fsp3) is 0.294. The van der Waals surface area contributed by atoms with E-state index >= 15 is 0 Å². The minimum atomic E-state index is -0.287. The second-order valence-corrected chi connectivity index (χ2v) is 7.08. The molecule has 1 aromatic heterocycles. The van der Waals surface area contributed by atoms with Crippen LogP contribution in [0.2, 0.25) is 0 Å². The third-order valence-corrected chi connectivity index (χ3v) is 3.82. The Morgan fingerprint density at radius 1 is 1.14 bits per heavy atom. The van der Waals surface area contributed by atoms with Gasteiger partial charge in [-0.1, -0.05) is 15.9 Å². The average molecular weight is 362 g/mol. The zero-order chi connectivity index (χ0) is 16.3. The van der Waals surface area contributed by atoms with Crippen molar-refractivity contribution in [1.29, 1.82) is 0 Å². The molecule has 0 bridgehead atoms. The van der Waals surface area contributed by atoms with Gasteiger partial charge in [-0.15, -0.1) is 0 Å². The molecule has 2 N–H and O–H groups in total. The first-order valence-corrected chi connectivity index (χ1v) is 7.86. The van der Waals surface area contributed by atoms with Gasteiger partial charge in [-0.2, -0.15) is 0 Å². The van der Waals surface area contributed by atoms with Gasteiger partial charge in [-0.05, 0) is 63.6 Å². The molecule has 22 heavy (non-hydrogen) atoms. The lowest BCUT2D eigenvalue weighted by atomic mass is 10.1. The number of anilines is 2. The number of aryl methyl sites for hydroxylation is 1. The van der Waals surface area contributed by atoms with E-state index in [9.17, 15) is 4.79 Å². The summed E-state index contributed by atoms with van der Waals surface area (Å²) in [7, 11) is 0. The van der Waals surface area contributed by atoms with Crippen LogP contribution in [-0.2, 0) is 0 Å². The van der Waals surface area contributed by atoms with Gasteiger partial charge in [0.2, 0.25) is 0 Å². The summed E-state index contributed by atoms with van der Waals surface area (Å²) in [6.45, 7) is 7.86. The first-order chi connectivity index (χ1) is 10.2. The molecule has 0 spiro atoms. The number of hydrogen-bond donors (Lipinski definition) is 2. The zero-order valence-corrected chi connectivity index (χ0v) is 14.8. The minimum absolute atomic E-state index is 0.178. The number of halogens is 1. The maximum absolute atomic E-state index is 12.2. The van der Waals surface area contributed by atoms with Crippen molar-refractivity contribution >= 4 is 33.2 Å². The molecule has 1 amide bonds. The van der Waals surface area contributed by atoms with Gasteiger partial charge in [-0.3, -0.25) is 9.78 Å². The van der Waals surface area contributed by atoms with Crippen LogP contribution in [-0.4, -0.2) is 16.4 Å². The van der Waals surface area contributed by atoms with Gasteiger partial charge in [-0.25, -0.2) is 0 Å². The van der Waals surface area contributed by atoms with Crippen LogP contribution in [0.1, 0.15) is 36.8 Å². The highest BCUT2D eigenvalue weighted by Crippen LogP contribution is 2.23. The minimum Gasteiger partial charge on any atom is -0.355 e. The molecule has 0 saturated heterocycles. The topological polar surface area (TPSA) is 54.0 Å². The number of amides is 1. The number of carbonyl (C=O) groups is 1. The van der Waals surface area contributed by atoms with Crippen LogP contribution in [0.3, 0.4) is 0 Å². The predicted octanol–water partition coefficient (Wildman–Crippen LogP) is 4.42. The summed E-state index contributed by atoms with van der Waals surface area (Å²) < 4.78 is 1.07. The molecule has 2 aromatic rings. The molecule has 0 saturated carbocycles. The molecule has 0 atom stereocenters. The Labute approximate surface area is 139 Å². The van der Waals surface area contributed by atoms with Crippen molar-refractivity contribution in [3.63, 3.8) is 0 Å². The van der Waals surface area contributed by atoms with Crippen molar-refractivity contribution in [2.24, 2.45) is 0 Å². The molecule has 0 radical (unpaired) electrons. The number of aromatic nitrogens is 1. The third kappa shape index (κ3) is 4.56. The Bertz CT molecular complexity index is 693. The Morgan fingerprint density at radius 3 is 2.45 bits per heavy atom. The monoisotopic (exact) mass is 361 g/mol. The van der Waals surface area contributed by atoms with Crippen LogP contribution >= 0.6 is 15.9 Å². The Kier molecular flexibility index (Phi) is 4.86. The van der Waals surface area contributed by atoms with Gasteiger partial charge in [0.1, 0.15) is 5.69 Å². The average Bonchev–Trinajstić information content (AvgIpc) is 2.41. The predicted molar refractivity (Wildman–Crippen MR) is 93.6 cm³/mol. The Morgan fingerprint density at radius 2 is 1.82 bits per heavy atom. The standard InChI is InChI=1S/C17H20BrN3O/c1-11-9-12(5-6-14(11)18)20-13-7-8-19-15(10-13)16(22)21-17(2,3)4/h5-10H,1-4H3,(H,19,20)(H,21,22). The molecule has 5 heteroatoms. The fourth-order valence-electron chi connectivity index (χ4n) is 1.93. The molecule has 1 heterocycles. The maximum atomic E-state index is 12.2. The molecule has 0 aliphatic rings. The van der Waals surface area contributed by atoms with Crippen LogP contribution < -0.4 is 10.6 Å². The van der Waals surface area contributed by atoms with Gasteiger partial charge in [0.15, 0.2) is 0 Å². The van der Waals surface area contributed by atoms with E-state index < -0.39 is 0 Å². The van der Waals surface area contributed by atoms with E-state index in [-0.39, 0.29) is 11.4 Å². The molecular weight excluding hydrogens is 342 g/mol. The van der Waals surface area contributed by atoms with Crippen molar-refractivity contribution in [3.8, 4) is 0 Å². The smallest absolute Gasteiger partial charge is 0.270 e. The lowest BCUT2D eigenvalue weighted by molar-refractivity contribution is 0.0914. The van der Waals surface area contributed by atoms with Gasteiger partial charge in [0.25, 0.3) is 5.91 Å². The number of carbonyl (C=O) groups excluding carboxylic acids is 1. The van der Waals surface area contributed by atoms with E-state index in [0.29, 0.717) is 5.69 Å². The van der Waals surface area contributed by atoms with E-state index in [4.69, 9.17) is 0 Å². The van der Waals surface area contributed by atoms with E-state index in [1.807, 2.05) is 52.0 Å². The Hall–Kier alpha value is -1.88. The second-order valence-electron chi connectivity index (χ2n) is 6.22. The highest BCUT2D eigenvalue weighted by molar-refractivity contribution is 9.10. The van der Waals surface area contributed by atoms with Crippen molar-refractivity contribution in [2.45, 2.75) is 33.2 Å². The first kappa shape index (κ1) is 16.5. The molecule has 0 fully saturated rings. The van der Waals surface area contributed by atoms with Crippen molar-refractivity contribution in [1.82, 2.24) is 10.3 Å². The molecular formula is C17H20BrN3O. The van der Waals surface area contributed by atoms with Crippen molar-refractivity contribution < 1.29 is 4.79 Å². The molecule has 0 unspecified atom stereocenters. The summed E-state index contributed by atoms with van der Waals surface area (Å²) in [5, 5.41) is 6.20. The largest absolute Gasteiger partial charge is 0.355 e. The quantitative estimate of drug-likeness (QED) is 0.850. The molecule has 0 aliphatic carbocycles. The number of hydrogen-bond acceptors (Lipinski definition) is 3. The second kappa shape index (κ2) is 6.48. The van der Waals surface area contributed by atoms with Crippen molar-refractivity contribution in [3.05, 3.63) is 52.3 Å². The van der Waals surface area contributed by atoms with E-state index in [1.54, 1.807) is 12.3 Å². The molecule has 116 valence electrons.